The molecule has 32 heavy (non-hydrogen) atoms. The lowest BCUT2D eigenvalue weighted by Crippen LogP contribution is -2.42. The second-order valence-electron chi connectivity index (χ2n) is 7.16. The number of hydrogen-bond acceptors (Lipinski definition) is 4. The second-order valence-corrected chi connectivity index (χ2v) is 7.56. The minimum Gasteiger partial charge on any atom is -0.497 e. The van der Waals surface area contributed by atoms with Crippen LogP contribution in [0.3, 0.4) is 0 Å². The van der Waals surface area contributed by atoms with Crippen molar-refractivity contribution in [3.63, 3.8) is 0 Å². The number of rotatable bonds is 5. The van der Waals surface area contributed by atoms with Gasteiger partial charge in [0.2, 0.25) is 5.91 Å². The number of carbonyl (C=O) groups is 1. The molecule has 1 unspecified atom stereocenters. The standard InChI is InChI=1S/C24H20ClN3O4/c1-15(22(29)26-16-11-13-17(32-2)14-12-16)27-20-9-5-3-7-18(20)23(30)28(24(27)31)21-10-6-4-8-19(21)25/h3-15H,1-2H3,(H,26,29). The zero-order valence-electron chi connectivity index (χ0n) is 17.4. The average molecular weight is 450 g/mol. The lowest BCUT2D eigenvalue weighted by molar-refractivity contribution is -0.118. The fourth-order valence-electron chi connectivity index (χ4n) is 3.54. The third kappa shape index (κ3) is 3.78. The van der Waals surface area contributed by atoms with Crippen LogP contribution >= 0.6 is 11.6 Å². The maximum atomic E-state index is 13.5. The molecule has 4 rings (SSSR count). The van der Waals surface area contributed by atoms with Crippen molar-refractivity contribution < 1.29 is 9.53 Å². The summed E-state index contributed by atoms with van der Waals surface area (Å²) in [6.07, 6.45) is 0. The molecule has 1 amide bonds. The number of anilines is 1. The van der Waals surface area contributed by atoms with Crippen LogP contribution in [-0.2, 0) is 4.79 Å². The molecule has 0 radical (unpaired) electrons. The van der Waals surface area contributed by atoms with Crippen molar-refractivity contribution in [1.29, 1.82) is 0 Å². The van der Waals surface area contributed by atoms with Crippen LogP contribution < -0.4 is 21.3 Å². The van der Waals surface area contributed by atoms with Gasteiger partial charge in [-0.15, -0.1) is 0 Å². The summed E-state index contributed by atoms with van der Waals surface area (Å²) >= 11 is 6.28. The fourth-order valence-corrected chi connectivity index (χ4v) is 3.76. The van der Waals surface area contributed by atoms with Crippen LogP contribution in [0.25, 0.3) is 16.6 Å². The molecule has 0 saturated heterocycles. The summed E-state index contributed by atoms with van der Waals surface area (Å²) < 4.78 is 7.44. The van der Waals surface area contributed by atoms with E-state index in [0.29, 0.717) is 22.3 Å². The molecule has 0 aliphatic heterocycles. The molecule has 1 heterocycles. The van der Waals surface area contributed by atoms with E-state index in [0.717, 1.165) is 4.57 Å². The van der Waals surface area contributed by atoms with Crippen molar-refractivity contribution >= 4 is 34.1 Å². The van der Waals surface area contributed by atoms with Crippen molar-refractivity contribution in [1.82, 2.24) is 9.13 Å². The number of amides is 1. The third-order valence-electron chi connectivity index (χ3n) is 5.21. The van der Waals surface area contributed by atoms with Crippen LogP contribution in [0.2, 0.25) is 5.02 Å². The summed E-state index contributed by atoms with van der Waals surface area (Å²) in [5.41, 5.74) is 0.0194. The van der Waals surface area contributed by atoms with Crippen molar-refractivity contribution in [3.05, 3.63) is 98.7 Å². The largest absolute Gasteiger partial charge is 0.497 e. The first-order valence-corrected chi connectivity index (χ1v) is 10.3. The van der Waals surface area contributed by atoms with Gasteiger partial charge in [-0.25, -0.2) is 9.36 Å². The van der Waals surface area contributed by atoms with E-state index >= 15 is 0 Å². The zero-order valence-corrected chi connectivity index (χ0v) is 18.2. The maximum Gasteiger partial charge on any atom is 0.336 e. The number of fused-ring (bicyclic) bond motifs is 1. The first kappa shape index (κ1) is 21.4. The number of carbonyl (C=O) groups excluding carboxylic acids is 1. The molecule has 0 saturated carbocycles. The van der Waals surface area contributed by atoms with Crippen molar-refractivity contribution in [3.8, 4) is 11.4 Å². The number of nitrogens with zero attached hydrogens (tertiary/aromatic N) is 2. The lowest BCUT2D eigenvalue weighted by Gasteiger charge is -2.20. The van der Waals surface area contributed by atoms with E-state index in [-0.39, 0.29) is 10.7 Å². The van der Waals surface area contributed by atoms with E-state index < -0.39 is 23.2 Å². The molecular formula is C24H20ClN3O4. The van der Waals surface area contributed by atoms with Gasteiger partial charge in [0.15, 0.2) is 0 Å². The Morgan fingerprint density at radius 2 is 1.62 bits per heavy atom. The third-order valence-corrected chi connectivity index (χ3v) is 5.53. The van der Waals surface area contributed by atoms with Crippen molar-refractivity contribution in [2.24, 2.45) is 0 Å². The topological polar surface area (TPSA) is 82.3 Å². The molecule has 162 valence electrons. The Morgan fingerprint density at radius 3 is 2.31 bits per heavy atom. The summed E-state index contributed by atoms with van der Waals surface area (Å²) in [4.78, 5) is 39.7. The highest BCUT2D eigenvalue weighted by atomic mass is 35.5. The molecule has 3 aromatic carbocycles. The highest BCUT2D eigenvalue weighted by Gasteiger charge is 2.23. The molecule has 0 bridgehead atoms. The number of ether oxygens (including phenoxy) is 1. The minimum absolute atomic E-state index is 0.254. The number of methoxy groups -OCH3 is 1. The van der Waals surface area contributed by atoms with Gasteiger partial charge < -0.3 is 10.1 Å². The van der Waals surface area contributed by atoms with Crippen LogP contribution in [0.5, 0.6) is 5.75 Å². The van der Waals surface area contributed by atoms with Crippen LogP contribution in [0, 0.1) is 0 Å². The number of aromatic nitrogens is 2. The normalized spacial score (nSPS) is 11.8. The van der Waals surface area contributed by atoms with E-state index in [1.54, 1.807) is 86.8 Å². The number of para-hydroxylation sites is 2. The molecule has 4 aromatic rings. The van der Waals surface area contributed by atoms with Crippen LogP contribution in [0.1, 0.15) is 13.0 Å². The van der Waals surface area contributed by atoms with E-state index in [2.05, 4.69) is 5.32 Å². The second kappa shape index (κ2) is 8.72. The Hall–Kier alpha value is -3.84. The molecule has 0 aliphatic carbocycles. The summed E-state index contributed by atoms with van der Waals surface area (Å²) in [6, 6.07) is 19.2. The number of hydrogen-bond donors (Lipinski definition) is 1. The summed E-state index contributed by atoms with van der Waals surface area (Å²) in [6.45, 7) is 1.61. The molecular weight excluding hydrogens is 430 g/mol. The van der Waals surface area contributed by atoms with Gasteiger partial charge in [-0.05, 0) is 55.5 Å². The van der Waals surface area contributed by atoms with Gasteiger partial charge in [-0.1, -0.05) is 35.9 Å². The Morgan fingerprint density at radius 1 is 0.969 bits per heavy atom. The van der Waals surface area contributed by atoms with Crippen LogP contribution in [0.4, 0.5) is 5.69 Å². The highest BCUT2D eigenvalue weighted by Crippen LogP contribution is 2.21. The Kier molecular flexibility index (Phi) is 5.83. The van der Waals surface area contributed by atoms with Gasteiger partial charge in [-0.2, -0.15) is 0 Å². The van der Waals surface area contributed by atoms with Gasteiger partial charge in [0.25, 0.3) is 5.56 Å². The highest BCUT2D eigenvalue weighted by molar-refractivity contribution is 6.32. The van der Waals surface area contributed by atoms with E-state index in [1.165, 1.54) is 4.57 Å². The van der Waals surface area contributed by atoms with Crippen molar-refractivity contribution in [2.45, 2.75) is 13.0 Å². The predicted molar refractivity (Wildman–Crippen MR) is 125 cm³/mol. The van der Waals surface area contributed by atoms with Gasteiger partial charge in [0.1, 0.15) is 11.8 Å². The molecule has 1 atom stereocenters. The number of benzene rings is 3. The Labute approximate surface area is 188 Å². The summed E-state index contributed by atoms with van der Waals surface area (Å²) in [5.74, 6) is 0.247. The maximum absolute atomic E-state index is 13.5. The SMILES string of the molecule is COc1ccc(NC(=O)C(C)n2c(=O)n(-c3ccccc3Cl)c(=O)c3ccccc32)cc1. The fraction of sp³-hybridized carbons (Fsp3) is 0.125. The average Bonchev–Trinajstić information content (AvgIpc) is 2.81. The van der Waals surface area contributed by atoms with Crippen molar-refractivity contribution in [2.75, 3.05) is 12.4 Å². The zero-order chi connectivity index (χ0) is 22.8. The van der Waals surface area contributed by atoms with E-state index in [1.807, 2.05) is 0 Å². The molecule has 8 heteroatoms. The number of nitrogens with one attached hydrogen (secondary N) is 1. The Bertz CT molecular complexity index is 1420. The van der Waals surface area contributed by atoms with Crippen LogP contribution in [0.15, 0.2) is 82.4 Å². The lowest BCUT2D eigenvalue weighted by atomic mass is 10.2. The van der Waals surface area contributed by atoms with Gasteiger partial charge >= 0.3 is 5.69 Å². The van der Waals surface area contributed by atoms with Gasteiger partial charge in [-0.3, -0.25) is 14.2 Å². The number of halogens is 1. The summed E-state index contributed by atoms with van der Waals surface area (Å²) in [5, 5.41) is 3.36. The Balaban J connectivity index is 1.86. The molecule has 1 N–H and O–H groups in total. The molecule has 0 aliphatic rings. The van der Waals surface area contributed by atoms with Gasteiger partial charge in [0, 0.05) is 5.69 Å². The molecule has 1 aromatic heterocycles. The van der Waals surface area contributed by atoms with E-state index in [9.17, 15) is 14.4 Å². The van der Waals surface area contributed by atoms with Crippen LogP contribution in [-0.4, -0.2) is 22.2 Å². The van der Waals surface area contributed by atoms with Gasteiger partial charge in [0.05, 0.1) is 28.7 Å². The summed E-state index contributed by atoms with van der Waals surface area (Å²) in [7, 11) is 1.56. The quantitative estimate of drug-likeness (QED) is 0.499. The first-order chi connectivity index (χ1) is 15.4. The molecule has 7 nitrogen and oxygen atoms in total. The smallest absolute Gasteiger partial charge is 0.336 e. The van der Waals surface area contributed by atoms with E-state index in [4.69, 9.17) is 16.3 Å². The minimum atomic E-state index is -0.913. The first-order valence-electron chi connectivity index (χ1n) is 9.88. The molecule has 0 fully saturated rings. The molecule has 0 spiro atoms. The monoisotopic (exact) mass is 449 g/mol. The predicted octanol–water partition coefficient (Wildman–Crippen LogP) is 4.01.